The molecule has 0 unspecified atom stereocenters. The Bertz CT molecular complexity index is 5790. The van der Waals surface area contributed by atoms with Gasteiger partial charge in [-0.15, -0.1) is 0 Å². The van der Waals surface area contributed by atoms with Crippen LogP contribution >= 0.6 is 0 Å². The van der Waals surface area contributed by atoms with Crippen molar-refractivity contribution < 1.29 is 0 Å². The summed E-state index contributed by atoms with van der Waals surface area (Å²) in [5, 5.41) is 19.9. The molecule has 7 aromatic heterocycles. The Hall–Kier alpha value is -10.5. The van der Waals surface area contributed by atoms with Crippen LogP contribution in [0.1, 0.15) is 0 Å². The quantitative estimate of drug-likeness (QED) is 0.173. The zero-order chi connectivity index (χ0) is 50.5. The van der Waals surface area contributed by atoms with Gasteiger partial charge in [0.2, 0.25) is 0 Å². The van der Waals surface area contributed by atoms with Gasteiger partial charge in [-0.05, 0) is 105 Å². The van der Waals surface area contributed by atoms with Crippen LogP contribution in [0.5, 0.6) is 0 Å². The molecule has 19 aromatic rings. The third-order valence-corrected chi connectivity index (χ3v) is 17.6. The highest BCUT2D eigenvalue weighted by molar-refractivity contribution is 6.40. The van der Waals surface area contributed by atoms with Crippen molar-refractivity contribution in [1.29, 1.82) is 0 Å². The average molecular weight is 988 g/mol. The second-order valence-electron chi connectivity index (χ2n) is 21.4. The normalized spacial score (nSPS) is 12.6. The van der Waals surface area contributed by atoms with Crippen LogP contribution in [0.2, 0.25) is 0 Å². The van der Waals surface area contributed by atoms with E-state index in [1.54, 1.807) is 0 Å². The molecule has 7 heterocycles. The van der Waals surface area contributed by atoms with Crippen LogP contribution in [0.15, 0.2) is 249 Å². The topological polar surface area (TPSA) is 31.6 Å². The lowest BCUT2D eigenvalue weighted by atomic mass is 9.94. The number of aromatic nitrogens is 5. The molecule has 19 rings (SSSR count). The molecule has 0 aliphatic rings. The summed E-state index contributed by atoms with van der Waals surface area (Å²) in [5.41, 5.74) is 18.8. The Morgan fingerprint density at radius 3 is 1.38 bits per heavy atom. The number of benzene rings is 12. The lowest BCUT2D eigenvalue weighted by molar-refractivity contribution is 1.18. The van der Waals surface area contributed by atoms with Gasteiger partial charge >= 0.3 is 0 Å². The van der Waals surface area contributed by atoms with E-state index in [0.717, 1.165) is 22.5 Å². The molecule has 12 aromatic carbocycles. The monoisotopic (exact) mass is 987 g/mol. The van der Waals surface area contributed by atoms with Gasteiger partial charge in [0.1, 0.15) is 5.65 Å². The predicted molar refractivity (Wildman–Crippen MR) is 328 cm³/mol. The van der Waals surface area contributed by atoms with Crippen molar-refractivity contribution >= 4 is 141 Å². The fourth-order valence-corrected chi connectivity index (χ4v) is 14.5. The third kappa shape index (κ3) is 5.04. The predicted octanol–water partition coefficient (Wildman–Crippen LogP) is 19.2. The van der Waals surface area contributed by atoms with E-state index in [1.807, 2.05) is 0 Å². The van der Waals surface area contributed by atoms with E-state index in [1.165, 1.54) is 153 Å². The summed E-state index contributed by atoms with van der Waals surface area (Å²) < 4.78 is 9.88. The minimum atomic E-state index is 0.977. The largest absolute Gasteiger partial charge is 0.309 e. The number of fused-ring (bicyclic) bond motifs is 23. The Morgan fingerprint density at radius 2 is 0.744 bits per heavy atom. The van der Waals surface area contributed by atoms with E-state index in [-0.39, 0.29) is 0 Å². The van der Waals surface area contributed by atoms with Gasteiger partial charge in [0, 0.05) is 87.1 Å². The number of hydrogen-bond acceptors (Lipinski definition) is 1. The molecule has 0 saturated carbocycles. The Labute approximate surface area is 444 Å². The van der Waals surface area contributed by atoms with Crippen LogP contribution in [-0.4, -0.2) is 22.9 Å². The number of nitrogens with zero attached hydrogens (tertiary/aromatic N) is 5. The summed E-state index contributed by atoms with van der Waals surface area (Å²) in [6, 6.07) is 89.9. The number of pyridine rings is 1. The van der Waals surface area contributed by atoms with Gasteiger partial charge in [0.25, 0.3) is 0 Å². The molecule has 0 spiro atoms. The first kappa shape index (κ1) is 40.8. The van der Waals surface area contributed by atoms with Crippen molar-refractivity contribution in [2.24, 2.45) is 0 Å². The first-order chi connectivity index (χ1) is 38.7. The van der Waals surface area contributed by atoms with Crippen LogP contribution in [0.4, 0.5) is 0 Å². The Morgan fingerprint density at radius 1 is 0.256 bits per heavy atom. The first-order valence-corrected chi connectivity index (χ1v) is 27.0. The highest BCUT2D eigenvalue weighted by atomic mass is 15.0. The minimum absolute atomic E-state index is 0.977. The van der Waals surface area contributed by atoms with Gasteiger partial charge in [-0.1, -0.05) is 170 Å². The summed E-state index contributed by atoms with van der Waals surface area (Å²) in [5.74, 6) is 0. The fraction of sp³-hybridized carbons (Fsp3) is 0. The van der Waals surface area contributed by atoms with Crippen molar-refractivity contribution in [3.63, 3.8) is 0 Å². The second kappa shape index (κ2) is 14.7. The summed E-state index contributed by atoms with van der Waals surface area (Å²) in [6.45, 7) is 0. The van der Waals surface area contributed by atoms with Crippen LogP contribution in [0.25, 0.3) is 175 Å². The maximum absolute atomic E-state index is 5.71. The van der Waals surface area contributed by atoms with Crippen LogP contribution in [0, 0.1) is 0 Å². The van der Waals surface area contributed by atoms with Crippen molar-refractivity contribution in [1.82, 2.24) is 22.9 Å². The van der Waals surface area contributed by atoms with Gasteiger partial charge in [-0.3, -0.25) is 4.40 Å². The Balaban J connectivity index is 0.928. The van der Waals surface area contributed by atoms with Gasteiger partial charge in [-0.25, -0.2) is 4.98 Å². The Kier molecular flexibility index (Phi) is 7.68. The van der Waals surface area contributed by atoms with E-state index in [4.69, 9.17) is 4.98 Å². The van der Waals surface area contributed by atoms with Crippen molar-refractivity contribution in [2.45, 2.75) is 0 Å². The van der Waals surface area contributed by atoms with E-state index < -0.39 is 0 Å². The second-order valence-corrected chi connectivity index (χ2v) is 21.4. The molecular formula is C73H41N5. The van der Waals surface area contributed by atoms with Gasteiger partial charge in [0.05, 0.1) is 55.8 Å². The summed E-state index contributed by atoms with van der Waals surface area (Å²) in [6.07, 6.45) is 2.18. The molecule has 0 N–H and O–H groups in total. The lowest BCUT2D eigenvalue weighted by Gasteiger charge is -2.11. The molecule has 0 fully saturated rings. The van der Waals surface area contributed by atoms with Crippen molar-refractivity contribution in [2.75, 3.05) is 0 Å². The highest BCUT2D eigenvalue weighted by Gasteiger charge is 2.29. The SMILES string of the molecule is c1ccc(-n2c3ccccc3c3cc(-c4cccc5c6c7ccccc7cc7c8c9c%10cccc%11c%12c%13ccccc%13cc(-c%13ccc%14c(c%13)c%13ccccc%13n%14-c%13ccccc%13)c%12n(c9ncc8n(c45)c76)c%10%11)ccc32)cc1. The zero-order valence-corrected chi connectivity index (χ0v) is 41.9. The molecule has 0 radical (unpaired) electrons. The zero-order valence-electron chi connectivity index (χ0n) is 41.9. The molecular weight excluding hydrogens is 947 g/mol. The minimum Gasteiger partial charge on any atom is -0.309 e. The number of hydrogen-bond donors (Lipinski definition) is 0. The number of rotatable bonds is 4. The average Bonchev–Trinajstić information content (AvgIpc) is 4.51. The molecule has 78 heavy (non-hydrogen) atoms. The van der Waals surface area contributed by atoms with E-state index in [9.17, 15) is 0 Å². The number of para-hydroxylation sites is 6. The standard InChI is InChI=1S/C73H41N5/c1-3-19-46(20-4-1)75-60-31-13-11-25-51(60)57-38-44(33-35-62(57)75)50-27-15-28-53-66-49-24-10-8-18-43(49)40-59-67-64(77(69(50)53)72(59)66)41-74-73-68(67)55-30-16-29-54-65-48-23-9-7-17-42(48)37-56(71(65)78(73)70(54)55)45-34-36-63-58(39-45)52-26-12-14-32-61(52)76(63)47-21-5-2-6-22-47/h1-41H. The molecule has 0 amide bonds. The maximum atomic E-state index is 5.71. The van der Waals surface area contributed by atoms with Gasteiger partial charge < -0.3 is 13.5 Å². The third-order valence-electron chi connectivity index (χ3n) is 17.6. The maximum Gasteiger partial charge on any atom is 0.146 e. The molecule has 358 valence electrons. The van der Waals surface area contributed by atoms with Crippen molar-refractivity contribution in [3.05, 3.63) is 249 Å². The molecule has 0 atom stereocenters. The molecule has 0 aliphatic carbocycles. The van der Waals surface area contributed by atoms with Crippen LogP contribution < -0.4 is 0 Å². The van der Waals surface area contributed by atoms with E-state index in [2.05, 4.69) is 267 Å². The van der Waals surface area contributed by atoms with E-state index in [0.29, 0.717) is 0 Å². The highest BCUT2D eigenvalue weighted by Crippen LogP contribution is 2.52. The molecule has 0 aliphatic heterocycles. The smallest absolute Gasteiger partial charge is 0.146 e. The fourth-order valence-electron chi connectivity index (χ4n) is 14.5. The lowest BCUT2D eigenvalue weighted by Crippen LogP contribution is -1.93. The van der Waals surface area contributed by atoms with Crippen LogP contribution in [-0.2, 0) is 0 Å². The molecule has 0 saturated heterocycles. The van der Waals surface area contributed by atoms with E-state index >= 15 is 0 Å². The van der Waals surface area contributed by atoms with Gasteiger partial charge in [0.15, 0.2) is 0 Å². The molecule has 5 heteroatoms. The van der Waals surface area contributed by atoms with Gasteiger partial charge in [-0.2, -0.15) is 0 Å². The molecule has 0 bridgehead atoms. The van der Waals surface area contributed by atoms with Crippen LogP contribution in [0.3, 0.4) is 0 Å². The van der Waals surface area contributed by atoms with Crippen molar-refractivity contribution in [3.8, 4) is 33.6 Å². The summed E-state index contributed by atoms with van der Waals surface area (Å²) in [7, 11) is 0. The first-order valence-electron chi connectivity index (χ1n) is 27.0. The summed E-state index contributed by atoms with van der Waals surface area (Å²) >= 11 is 0. The molecule has 5 nitrogen and oxygen atoms in total. The summed E-state index contributed by atoms with van der Waals surface area (Å²) in [4.78, 5) is 5.71.